The molecule has 0 unspecified atom stereocenters. The van der Waals surface area contributed by atoms with Gasteiger partial charge in [-0.1, -0.05) is 137 Å². The van der Waals surface area contributed by atoms with Crippen LogP contribution in [0.3, 0.4) is 0 Å². The fourth-order valence-electron chi connectivity index (χ4n) is 13.0. The number of nitrogens with one attached hydrogen (secondary N) is 1. The zero-order valence-electron chi connectivity index (χ0n) is 68.3. The van der Waals surface area contributed by atoms with Crippen molar-refractivity contribution in [3.8, 4) is 79.0 Å². The molecular weight excluding hydrogens is 1830 g/mol. The van der Waals surface area contributed by atoms with Crippen LogP contribution in [0.15, 0.2) is 289 Å². The van der Waals surface area contributed by atoms with E-state index in [9.17, 15) is 25.3 Å². The van der Waals surface area contributed by atoms with Crippen LogP contribution in [0.25, 0.3) is 100 Å². The van der Waals surface area contributed by atoms with Gasteiger partial charge in [0.25, 0.3) is 30.1 Å². The minimum atomic E-state index is -3.98. The van der Waals surface area contributed by atoms with Crippen molar-refractivity contribution in [3.63, 3.8) is 0 Å². The summed E-state index contributed by atoms with van der Waals surface area (Å²) in [6.07, 6.45) is 6.33. The Morgan fingerprint density at radius 1 is 0.397 bits per heavy atom. The summed E-state index contributed by atoms with van der Waals surface area (Å²) in [6, 6.07) is 62.4. The van der Waals surface area contributed by atoms with Crippen molar-refractivity contribution in [2.75, 3.05) is 26.4 Å². The number of aryl methyl sites for hydroxylation is 3. The maximum Gasteiger partial charge on any atom is 0.492 e. The molecule has 0 bridgehead atoms. The highest BCUT2D eigenvalue weighted by Gasteiger charge is 2.31. The average molecular weight is 1910 g/mol. The van der Waals surface area contributed by atoms with E-state index in [1.807, 2.05) is 150 Å². The molecule has 0 saturated heterocycles. The smallest absolute Gasteiger partial charge is 0.492 e. The van der Waals surface area contributed by atoms with E-state index < -0.39 is 44.3 Å². The molecule has 37 heteroatoms. The maximum absolute atomic E-state index is 13.6. The Hall–Kier alpha value is -11.8. The zero-order chi connectivity index (χ0) is 89.4. The van der Waals surface area contributed by atoms with Gasteiger partial charge in [-0.15, -0.1) is 17.4 Å². The van der Waals surface area contributed by atoms with Gasteiger partial charge >= 0.3 is 14.2 Å². The Labute approximate surface area is 757 Å². The molecule has 18 aromatic rings. The largest absolute Gasteiger partial charge is 0.494 e. The summed E-state index contributed by atoms with van der Waals surface area (Å²) in [7, 11) is -14.5. The quantitative estimate of drug-likeness (QED) is 0.0417. The first-order chi connectivity index (χ1) is 60.8. The van der Waals surface area contributed by atoms with Crippen molar-refractivity contribution >= 4 is 173 Å². The predicted molar refractivity (Wildman–Crippen MR) is 504 cm³/mol. The van der Waals surface area contributed by atoms with Gasteiger partial charge in [-0.3, -0.25) is 5.10 Å². The number of rotatable bonds is 21. The SMILES string of the molecule is CCOc1ccccc1-c1[nH]nc2nccc(-c3ccsc3)c12.CCOc1ccccc1-c1nn(S(=O)(=O)c2ccc(C)cc2)c2nccc(-c3ccsc3)c12.CCOc1ccccc1-c1nn(S(=O)(=O)c2ccc(C)cc2)c2nccc(Cl)c12.CCOc1ccccc1B(O)O.Cc1ccc(S(=O)(=O)n2nc(Br)c3c(Cl)ccnc32)cc1.OB(O)c1ccsc1. The van der Waals surface area contributed by atoms with E-state index in [0.717, 1.165) is 73.7 Å². The summed E-state index contributed by atoms with van der Waals surface area (Å²) in [4.78, 5) is 17.6. The number of H-pyrrole nitrogens is 1. The Morgan fingerprint density at radius 2 is 0.770 bits per heavy atom. The molecule has 0 aliphatic heterocycles. The summed E-state index contributed by atoms with van der Waals surface area (Å²) in [5.74, 6) is 2.60. The molecule has 18 rings (SSSR count). The van der Waals surface area contributed by atoms with E-state index in [4.69, 9.17) is 62.2 Å². The first kappa shape index (κ1) is 91.9. The van der Waals surface area contributed by atoms with Gasteiger partial charge < -0.3 is 39.0 Å². The molecule has 0 amide bonds. The normalized spacial score (nSPS) is 11.3. The minimum absolute atomic E-state index is 0.124. The molecule has 11 heterocycles. The van der Waals surface area contributed by atoms with Gasteiger partial charge in [-0.2, -0.15) is 74.6 Å². The van der Waals surface area contributed by atoms with E-state index in [2.05, 4.69) is 78.2 Å². The van der Waals surface area contributed by atoms with Crippen molar-refractivity contribution in [2.45, 2.75) is 63.2 Å². The van der Waals surface area contributed by atoms with Crippen LogP contribution in [0.5, 0.6) is 23.0 Å². The summed E-state index contributed by atoms with van der Waals surface area (Å²) in [5, 5.41) is 70.5. The molecule has 0 spiro atoms. The first-order valence-electron chi connectivity index (χ1n) is 38.9. The van der Waals surface area contributed by atoms with Crippen molar-refractivity contribution < 1.29 is 64.3 Å². The van der Waals surface area contributed by atoms with Gasteiger partial charge in [0, 0.05) is 46.9 Å². The number of aromatic amines is 1. The number of hydrogen-bond donors (Lipinski definition) is 5. The van der Waals surface area contributed by atoms with E-state index in [0.29, 0.717) is 108 Å². The second kappa shape index (κ2) is 41.5. The predicted octanol–water partition coefficient (Wildman–Crippen LogP) is 17.8. The van der Waals surface area contributed by atoms with Crippen LogP contribution in [-0.4, -0.2) is 144 Å². The lowest BCUT2D eigenvalue weighted by Crippen LogP contribution is -2.31. The summed E-state index contributed by atoms with van der Waals surface area (Å²) in [5.41, 5.74) is 13.6. The van der Waals surface area contributed by atoms with E-state index in [1.54, 1.807) is 149 Å². The van der Waals surface area contributed by atoms with Gasteiger partial charge in [-0.05, 0) is 240 Å². The molecule has 11 aromatic heterocycles. The highest BCUT2D eigenvalue weighted by molar-refractivity contribution is 9.10. The summed E-state index contributed by atoms with van der Waals surface area (Å²) >= 11 is 20.4. The lowest BCUT2D eigenvalue weighted by atomic mass is 9.80. The number of ether oxygens (including phenoxy) is 4. The topological polar surface area (TPSA) is 354 Å². The molecule has 0 aliphatic rings. The van der Waals surface area contributed by atoms with Gasteiger partial charge in [0.2, 0.25) is 0 Å². The van der Waals surface area contributed by atoms with E-state index in [-0.39, 0.29) is 31.6 Å². The number of para-hydroxylation sites is 4. The Bertz CT molecular complexity index is 7140. The first-order valence-corrected chi connectivity index (χ1v) is 47.6. The molecular formula is C89H79B2BrCl2N12O14S6. The number of halogens is 3. The number of fused-ring (bicyclic) bond motifs is 4. The summed E-state index contributed by atoms with van der Waals surface area (Å²) < 4.78 is 105. The molecule has 126 heavy (non-hydrogen) atoms. The lowest BCUT2D eigenvalue weighted by molar-refractivity contribution is 0.340. The van der Waals surface area contributed by atoms with Gasteiger partial charge in [0.1, 0.15) is 39.0 Å². The Kier molecular flexibility index (Phi) is 30.3. The Balaban J connectivity index is 0.000000135. The van der Waals surface area contributed by atoms with E-state index in [1.165, 1.54) is 41.4 Å². The van der Waals surface area contributed by atoms with Crippen LogP contribution in [0.4, 0.5) is 0 Å². The third-order valence-corrected chi connectivity index (χ3v) is 26.9. The standard InChI is InChI=1S/C25H21N3O3S2.C21H18ClN3O3S.C18H15N3OS.C13H9BrClN3O2S.C8H11BO3.C4H5BO2S/c1-3-31-22-7-5-4-6-21(22)24-23-20(18-13-15-32-16-18)12-14-26-25(23)28(27-24)33(29,30)19-10-8-17(2)9-11-19;1-3-28-18-7-5-4-6-16(18)20-19-17(22)12-13-23-21(19)25(24-20)29(26,27)15-10-8-14(2)9-11-15;1-2-22-15-6-4-3-5-14(15)17-16-13(12-8-10-23-11-12)7-9-19-18(16)21-20-17;1-8-2-4-9(5-3-8)21(19,20)18-13-11(12(14)17-18)10(15)6-7-16-13;1-2-12-8-6-4-3-5-7(8)9(10)11;6-5(7)4-1-2-8-3-4/h4-16H,3H2,1-2H3;4-13H,3H2,1-2H3;3-11H,2H2,1H3,(H,19,20,21);2-7H,1H3;3-6,10-11H,2H2,1H3;1-3,6-7H. The maximum atomic E-state index is 13.6. The van der Waals surface area contributed by atoms with Crippen molar-refractivity contribution in [2.24, 2.45) is 0 Å². The van der Waals surface area contributed by atoms with Crippen LogP contribution in [-0.2, 0) is 30.1 Å². The second-order valence-corrected chi connectivity index (χ2v) is 36.5. The highest BCUT2D eigenvalue weighted by atomic mass is 79.9. The number of nitrogens with zero attached hydrogens (tertiary/aromatic N) is 11. The van der Waals surface area contributed by atoms with E-state index >= 15 is 0 Å². The Morgan fingerprint density at radius 3 is 1.21 bits per heavy atom. The summed E-state index contributed by atoms with van der Waals surface area (Å²) in [6.45, 7) is 15.4. The van der Waals surface area contributed by atoms with Crippen molar-refractivity contribution in [1.29, 1.82) is 0 Å². The fraction of sp³-hybridized carbons (Fsp3) is 0.124. The monoisotopic (exact) mass is 1900 g/mol. The zero-order valence-corrected chi connectivity index (χ0v) is 76.3. The lowest BCUT2D eigenvalue weighted by Gasteiger charge is -2.09. The molecule has 26 nitrogen and oxygen atoms in total. The van der Waals surface area contributed by atoms with Crippen LogP contribution < -0.4 is 29.9 Å². The molecule has 0 radical (unpaired) electrons. The van der Waals surface area contributed by atoms with Crippen LogP contribution in [0.2, 0.25) is 10.0 Å². The van der Waals surface area contributed by atoms with Crippen LogP contribution in [0.1, 0.15) is 44.4 Å². The van der Waals surface area contributed by atoms with Gasteiger partial charge in [0.15, 0.2) is 22.6 Å². The molecule has 642 valence electrons. The third kappa shape index (κ3) is 20.5. The molecule has 0 saturated carbocycles. The van der Waals surface area contributed by atoms with Gasteiger partial charge in [0.05, 0.1) is 78.4 Å². The second-order valence-electron chi connectivity index (χ2n) is 27.3. The molecule has 0 aliphatic carbocycles. The third-order valence-electron chi connectivity index (χ3n) is 18.9. The molecule has 5 N–H and O–H groups in total. The minimum Gasteiger partial charge on any atom is -0.494 e. The van der Waals surface area contributed by atoms with Crippen molar-refractivity contribution in [3.05, 3.63) is 301 Å². The molecule has 0 atom stereocenters. The number of aromatic nitrogens is 12. The highest BCUT2D eigenvalue weighted by Crippen LogP contribution is 2.43. The number of thiophene rings is 3. The van der Waals surface area contributed by atoms with Gasteiger partial charge in [-0.25, -0.2) is 19.9 Å². The molecule has 0 fully saturated rings. The van der Waals surface area contributed by atoms with Crippen LogP contribution in [0, 0.1) is 20.8 Å². The molecule has 7 aromatic carbocycles. The van der Waals surface area contributed by atoms with Crippen molar-refractivity contribution in [1.82, 2.24) is 57.7 Å². The van der Waals surface area contributed by atoms with Crippen LogP contribution >= 0.6 is 73.1 Å². The fourth-order valence-corrected chi connectivity index (χ4v) is 19.9. The number of benzene rings is 7. The average Bonchev–Trinajstić information content (AvgIpc) is 1.55. The number of pyridine rings is 4. The number of hydrogen-bond acceptors (Lipinski definition) is 25.